The monoisotopic (exact) mass is 488 g/mol. The summed E-state index contributed by atoms with van der Waals surface area (Å²) in [5.74, 6) is 1.88. The molecule has 0 spiro atoms. The van der Waals surface area contributed by atoms with Crippen LogP contribution in [0.15, 0.2) is 72.4 Å². The van der Waals surface area contributed by atoms with Gasteiger partial charge in [-0.2, -0.15) is 0 Å². The van der Waals surface area contributed by atoms with E-state index in [1.807, 2.05) is 20.8 Å². The average molecular weight is 489 g/mol. The molecule has 0 fully saturated rings. The van der Waals surface area contributed by atoms with Gasteiger partial charge in [0, 0.05) is 0 Å². The van der Waals surface area contributed by atoms with E-state index in [0.29, 0.717) is 29.4 Å². The lowest BCUT2D eigenvalue weighted by Gasteiger charge is -2.23. The highest BCUT2D eigenvalue weighted by molar-refractivity contribution is 5.33. The molecule has 2 heteroatoms. The Labute approximate surface area is 217 Å². The Morgan fingerprint density at radius 3 is 1.46 bits per heavy atom. The van der Waals surface area contributed by atoms with Gasteiger partial charge >= 0.3 is 0 Å². The molecule has 0 radical (unpaired) electrons. The molecule has 200 valence electrons. The Kier molecular flexibility index (Phi) is 16.1. The van der Waals surface area contributed by atoms with Crippen LogP contribution in [-0.2, 0) is 0 Å². The van der Waals surface area contributed by atoms with E-state index in [2.05, 4.69) is 60.9 Å². The molecule has 35 heavy (non-hydrogen) atoms. The molecule has 0 rings (SSSR count). The number of hydrogen-bond donors (Lipinski definition) is 0. The van der Waals surface area contributed by atoms with Crippen molar-refractivity contribution in [2.24, 2.45) is 35.5 Å². The van der Waals surface area contributed by atoms with Gasteiger partial charge in [0.25, 0.3) is 0 Å². The van der Waals surface area contributed by atoms with Gasteiger partial charge in [0.05, 0.1) is 0 Å². The molecule has 0 nitrogen and oxygen atoms in total. The van der Waals surface area contributed by atoms with Crippen molar-refractivity contribution in [3.05, 3.63) is 72.4 Å². The zero-order chi connectivity index (χ0) is 27.3. The normalized spacial score (nSPS) is 17.0. The fourth-order valence-corrected chi connectivity index (χ4v) is 3.93. The van der Waals surface area contributed by atoms with Crippen LogP contribution in [0.4, 0.5) is 8.78 Å². The quantitative estimate of drug-likeness (QED) is 0.168. The molecular weight excluding hydrogens is 434 g/mol. The summed E-state index contributed by atoms with van der Waals surface area (Å²) in [6.07, 6.45) is 9.88. The SMILES string of the molecule is C=C(CC)/C(F)=C\C(=C)C(C)CCC(C)C(=C)/C(F)=C\C(=C)C(C)CCC(C)C(C)CCC(C)C. The van der Waals surface area contributed by atoms with E-state index in [9.17, 15) is 8.78 Å². The van der Waals surface area contributed by atoms with Gasteiger partial charge in [-0.15, -0.1) is 0 Å². The summed E-state index contributed by atoms with van der Waals surface area (Å²) in [7, 11) is 0. The van der Waals surface area contributed by atoms with E-state index in [-0.39, 0.29) is 29.4 Å². The summed E-state index contributed by atoms with van der Waals surface area (Å²) in [5, 5.41) is 0. The van der Waals surface area contributed by atoms with Gasteiger partial charge in [0.1, 0.15) is 11.7 Å². The van der Waals surface area contributed by atoms with Crippen molar-refractivity contribution >= 4 is 0 Å². The molecule has 0 aromatic heterocycles. The molecule has 0 saturated carbocycles. The van der Waals surface area contributed by atoms with E-state index in [4.69, 9.17) is 0 Å². The van der Waals surface area contributed by atoms with Gasteiger partial charge in [-0.3, -0.25) is 0 Å². The minimum Gasteiger partial charge on any atom is -0.207 e. The zero-order valence-corrected chi connectivity index (χ0v) is 24.2. The van der Waals surface area contributed by atoms with Crippen LogP contribution in [0, 0.1) is 35.5 Å². The standard InChI is InChI=1S/C33H54F2/c1-13-23(4)32(34)20-29(10)27(8)18-19-28(9)31(12)33(35)21-30(11)26(7)17-16-25(6)24(5)15-14-22(2)3/h20-22,24-28H,4,10-19H2,1-3,5-9H3/b32-20+,33-21+. The smallest absolute Gasteiger partial charge is 0.126 e. The second-order valence-electron chi connectivity index (χ2n) is 11.4. The Morgan fingerprint density at radius 1 is 0.600 bits per heavy atom. The molecule has 0 aromatic rings. The lowest BCUT2D eigenvalue weighted by Crippen LogP contribution is -2.11. The first-order valence-corrected chi connectivity index (χ1v) is 13.7. The maximum Gasteiger partial charge on any atom is 0.126 e. The third-order valence-electron chi connectivity index (χ3n) is 7.81. The summed E-state index contributed by atoms with van der Waals surface area (Å²) in [4.78, 5) is 0. The van der Waals surface area contributed by atoms with Gasteiger partial charge < -0.3 is 0 Å². The minimum atomic E-state index is -0.303. The molecule has 0 N–H and O–H groups in total. The van der Waals surface area contributed by atoms with Crippen molar-refractivity contribution in [1.82, 2.24) is 0 Å². The van der Waals surface area contributed by atoms with E-state index in [0.717, 1.165) is 42.7 Å². The summed E-state index contributed by atoms with van der Waals surface area (Å²) in [5.41, 5.74) is 2.56. The second-order valence-corrected chi connectivity index (χ2v) is 11.4. The average Bonchev–Trinajstić information content (AvgIpc) is 2.81. The summed E-state index contributed by atoms with van der Waals surface area (Å²) in [6.45, 7) is 33.2. The second kappa shape index (κ2) is 16.9. The van der Waals surface area contributed by atoms with Crippen LogP contribution in [0.3, 0.4) is 0 Å². The third-order valence-corrected chi connectivity index (χ3v) is 7.81. The van der Waals surface area contributed by atoms with Gasteiger partial charge in [0.15, 0.2) is 0 Å². The van der Waals surface area contributed by atoms with Crippen molar-refractivity contribution in [2.75, 3.05) is 0 Å². The Morgan fingerprint density at radius 2 is 1.00 bits per heavy atom. The molecule has 0 aliphatic rings. The van der Waals surface area contributed by atoms with Crippen molar-refractivity contribution < 1.29 is 8.78 Å². The summed E-state index contributed by atoms with van der Waals surface area (Å²) < 4.78 is 29.0. The molecule has 0 saturated heterocycles. The predicted molar refractivity (Wildman–Crippen MR) is 154 cm³/mol. The van der Waals surface area contributed by atoms with Crippen LogP contribution >= 0.6 is 0 Å². The summed E-state index contributed by atoms with van der Waals surface area (Å²) >= 11 is 0. The molecule has 5 atom stereocenters. The maximum atomic E-state index is 15.0. The maximum absolute atomic E-state index is 15.0. The van der Waals surface area contributed by atoms with Gasteiger partial charge in [-0.05, 0) is 102 Å². The van der Waals surface area contributed by atoms with Crippen LogP contribution in [0.2, 0.25) is 0 Å². The molecule has 0 aliphatic heterocycles. The number of halogens is 2. The predicted octanol–water partition coefficient (Wildman–Crippen LogP) is 11.5. The van der Waals surface area contributed by atoms with Crippen LogP contribution < -0.4 is 0 Å². The lowest BCUT2D eigenvalue weighted by atomic mass is 9.83. The molecular formula is C33H54F2. The number of rotatable bonds is 18. The van der Waals surface area contributed by atoms with E-state index < -0.39 is 0 Å². The highest BCUT2D eigenvalue weighted by Crippen LogP contribution is 2.31. The molecule has 0 aromatic carbocycles. The number of allylic oxidation sites excluding steroid dienone is 8. The van der Waals surface area contributed by atoms with Crippen molar-refractivity contribution in [3.8, 4) is 0 Å². The first-order chi connectivity index (χ1) is 16.2. The Bertz CT molecular complexity index is 764. The Balaban J connectivity index is 4.74. The third kappa shape index (κ3) is 13.3. The zero-order valence-electron chi connectivity index (χ0n) is 24.2. The molecule has 5 unspecified atom stereocenters. The van der Waals surface area contributed by atoms with Gasteiger partial charge in [0.2, 0.25) is 0 Å². The molecule has 0 amide bonds. The highest BCUT2D eigenvalue weighted by atomic mass is 19.1. The van der Waals surface area contributed by atoms with Crippen LogP contribution in [0.1, 0.15) is 100 Å². The minimum absolute atomic E-state index is 0.00845. The van der Waals surface area contributed by atoms with E-state index in [1.54, 1.807) is 6.08 Å². The molecule has 0 heterocycles. The van der Waals surface area contributed by atoms with Crippen LogP contribution in [-0.4, -0.2) is 0 Å². The fourth-order valence-electron chi connectivity index (χ4n) is 3.93. The Hall–Kier alpha value is -1.70. The van der Waals surface area contributed by atoms with Gasteiger partial charge in [-0.25, -0.2) is 8.78 Å². The summed E-state index contributed by atoms with van der Waals surface area (Å²) in [6, 6.07) is 0. The van der Waals surface area contributed by atoms with Crippen LogP contribution in [0.5, 0.6) is 0 Å². The lowest BCUT2D eigenvalue weighted by molar-refractivity contribution is 0.306. The van der Waals surface area contributed by atoms with Crippen molar-refractivity contribution in [2.45, 2.75) is 100 Å². The van der Waals surface area contributed by atoms with Crippen molar-refractivity contribution in [1.29, 1.82) is 0 Å². The highest BCUT2D eigenvalue weighted by Gasteiger charge is 2.18. The van der Waals surface area contributed by atoms with Gasteiger partial charge in [-0.1, -0.05) is 94.5 Å². The molecule has 0 bridgehead atoms. The fraction of sp³-hybridized carbons (Fsp3) is 0.636. The topological polar surface area (TPSA) is 0 Å². The van der Waals surface area contributed by atoms with Crippen molar-refractivity contribution in [3.63, 3.8) is 0 Å². The number of hydrogen-bond acceptors (Lipinski definition) is 0. The first-order valence-electron chi connectivity index (χ1n) is 13.7. The van der Waals surface area contributed by atoms with Crippen LogP contribution in [0.25, 0.3) is 0 Å². The first kappa shape index (κ1) is 33.3. The van der Waals surface area contributed by atoms with E-state index in [1.165, 1.54) is 18.9 Å². The van der Waals surface area contributed by atoms with E-state index >= 15 is 0 Å². The molecule has 0 aliphatic carbocycles. The largest absolute Gasteiger partial charge is 0.207 e.